The Balaban J connectivity index is 2.20. The number of amides is 1. The van der Waals surface area contributed by atoms with Gasteiger partial charge in [0.25, 0.3) is 0 Å². The predicted octanol–water partition coefficient (Wildman–Crippen LogP) is 5.34. The zero-order chi connectivity index (χ0) is 25.4. The summed E-state index contributed by atoms with van der Waals surface area (Å²) in [5.74, 6) is -1.15. The number of ether oxygens (including phenoxy) is 1. The van der Waals surface area contributed by atoms with Crippen LogP contribution in [0.15, 0.2) is 70.8 Å². The van der Waals surface area contributed by atoms with E-state index in [0.717, 1.165) is 5.56 Å². The average Bonchev–Trinajstić information content (AvgIpc) is 2.88. The normalized spacial score (nSPS) is 15.3. The molecule has 0 saturated carbocycles. The van der Waals surface area contributed by atoms with Crippen LogP contribution in [0.4, 0.5) is 0 Å². The zero-order valence-corrected chi connectivity index (χ0v) is 21.6. The Bertz CT molecular complexity index is 1180. The van der Waals surface area contributed by atoms with Crippen LogP contribution < -0.4 is 5.32 Å². The van der Waals surface area contributed by atoms with Crippen molar-refractivity contribution in [2.24, 2.45) is 0 Å². The van der Waals surface area contributed by atoms with Crippen LogP contribution in [-0.2, 0) is 14.3 Å². The smallest absolute Gasteiger partial charge is 0.337 e. The molecule has 0 aromatic heterocycles. The van der Waals surface area contributed by atoms with Crippen molar-refractivity contribution < 1.29 is 14.3 Å². The van der Waals surface area contributed by atoms with E-state index in [9.17, 15) is 14.9 Å². The minimum absolute atomic E-state index is 0.0256. The molecule has 2 aromatic rings. The van der Waals surface area contributed by atoms with Crippen LogP contribution in [0.25, 0.3) is 5.70 Å². The third-order valence-corrected chi connectivity index (χ3v) is 7.03. The van der Waals surface area contributed by atoms with Crippen LogP contribution >= 0.6 is 23.4 Å². The lowest BCUT2D eigenvalue weighted by Gasteiger charge is -2.31. The van der Waals surface area contributed by atoms with E-state index in [1.807, 2.05) is 50.2 Å². The summed E-state index contributed by atoms with van der Waals surface area (Å²) in [6, 6.07) is 18.8. The second-order valence-corrected chi connectivity index (χ2v) is 9.06. The maximum Gasteiger partial charge on any atom is 0.337 e. The maximum atomic E-state index is 13.3. The van der Waals surface area contributed by atoms with Gasteiger partial charge >= 0.3 is 5.97 Å². The molecule has 0 aliphatic carbocycles. The largest absolute Gasteiger partial charge is 0.463 e. The number of nitrogens with zero attached hydrogens (tertiary/aromatic N) is 2. The van der Waals surface area contributed by atoms with E-state index in [2.05, 4.69) is 11.4 Å². The summed E-state index contributed by atoms with van der Waals surface area (Å²) in [6.07, 6.45) is 0. The van der Waals surface area contributed by atoms with Crippen LogP contribution in [0.5, 0.6) is 0 Å². The standard InChI is InChI=1S/C27H28ClN3O3S/c1-4-31(5-2)22(32)17-35-26-20(16-29)23(19-14-10-11-15-21(19)28)24(27(33)34-6-3)25(30-26)18-12-8-7-9-13-18/h7-15,23,30H,4-6,17H2,1-3H3. The Labute approximate surface area is 215 Å². The van der Waals surface area contributed by atoms with Crippen LogP contribution in [0.1, 0.15) is 37.8 Å². The summed E-state index contributed by atoms with van der Waals surface area (Å²) in [5, 5.41) is 14.5. The van der Waals surface area contributed by atoms with E-state index in [4.69, 9.17) is 16.3 Å². The highest BCUT2D eigenvalue weighted by molar-refractivity contribution is 8.03. The van der Waals surface area contributed by atoms with Crippen molar-refractivity contribution in [3.63, 3.8) is 0 Å². The van der Waals surface area contributed by atoms with Crippen molar-refractivity contribution in [1.82, 2.24) is 10.2 Å². The first-order valence-electron chi connectivity index (χ1n) is 11.5. The number of esters is 1. The molecule has 0 fully saturated rings. The molecule has 182 valence electrons. The Kier molecular flexibility index (Phi) is 9.41. The van der Waals surface area contributed by atoms with Gasteiger partial charge in [-0.15, -0.1) is 0 Å². The Morgan fingerprint density at radius 1 is 1.09 bits per heavy atom. The van der Waals surface area contributed by atoms with E-state index in [1.165, 1.54) is 11.8 Å². The number of carbonyl (C=O) groups is 2. The van der Waals surface area contributed by atoms with E-state index in [1.54, 1.807) is 30.0 Å². The van der Waals surface area contributed by atoms with Gasteiger partial charge in [0.15, 0.2) is 0 Å². The molecule has 1 aliphatic heterocycles. The average molecular weight is 510 g/mol. The maximum absolute atomic E-state index is 13.3. The molecule has 0 spiro atoms. The van der Waals surface area contributed by atoms with Gasteiger partial charge in [-0.3, -0.25) is 4.79 Å². The highest BCUT2D eigenvalue weighted by Crippen LogP contribution is 2.45. The molecular formula is C27H28ClN3O3S. The molecule has 0 saturated heterocycles. The number of halogens is 1. The molecule has 6 nitrogen and oxygen atoms in total. The molecule has 2 aromatic carbocycles. The van der Waals surface area contributed by atoms with Crippen LogP contribution in [0, 0.1) is 11.3 Å². The lowest BCUT2D eigenvalue weighted by molar-refractivity contribution is -0.138. The molecule has 0 bridgehead atoms. The van der Waals surface area contributed by atoms with Gasteiger partial charge in [0.1, 0.15) is 0 Å². The number of allylic oxidation sites excluding steroid dienone is 1. The molecule has 8 heteroatoms. The van der Waals surface area contributed by atoms with E-state index < -0.39 is 11.9 Å². The lowest BCUT2D eigenvalue weighted by Crippen LogP contribution is -2.33. The Hall–Kier alpha value is -3.21. The van der Waals surface area contributed by atoms with Crippen molar-refractivity contribution in [3.05, 3.63) is 86.9 Å². The minimum atomic E-state index is -0.754. The molecule has 1 amide bonds. The van der Waals surface area contributed by atoms with Crippen LogP contribution in [0.3, 0.4) is 0 Å². The fraction of sp³-hybridized carbons (Fsp3) is 0.296. The second-order valence-electron chi connectivity index (χ2n) is 7.66. The number of dihydropyridines is 1. The molecule has 1 heterocycles. The van der Waals surface area contributed by atoms with Gasteiger partial charge in [0, 0.05) is 18.1 Å². The predicted molar refractivity (Wildman–Crippen MR) is 140 cm³/mol. The summed E-state index contributed by atoms with van der Waals surface area (Å²) >= 11 is 7.83. The number of thioether (sulfide) groups is 1. The fourth-order valence-corrected chi connectivity index (χ4v) is 5.17. The quantitative estimate of drug-likeness (QED) is 0.459. The summed E-state index contributed by atoms with van der Waals surface area (Å²) in [6.45, 7) is 7.00. The second kappa shape index (κ2) is 12.5. The monoisotopic (exact) mass is 509 g/mol. The molecule has 35 heavy (non-hydrogen) atoms. The van der Waals surface area contributed by atoms with E-state index >= 15 is 0 Å². The Morgan fingerprint density at radius 2 is 1.74 bits per heavy atom. The van der Waals surface area contributed by atoms with Gasteiger partial charge < -0.3 is 15.0 Å². The van der Waals surface area contributed by atoms with Crippen molar-refractivity contribution in [2.45, 2.75) is 26.7 Å². The number of nitriles is 1. The van der Waals surface area contributed by atoms with Crippen LogP contribution in [-0.4, -0.2) is 42.2 Å². The summed E-state index contributed by atoms with van der Waals surface area (Å²) in [7, 11) is 0. The van der Waals surface area contributed by atoms with E-state index in [0.29, 0.717) is 45.5 Å². The molecule has 1 aliphatic rings. The van der Waals surface area contributed by atoms with Gasteiger partial charge in [0.05, 0.1) is 46.2 Å². The third-order valence-electron chi connectivity index (χ3n) is 5.68. The van der Waals surface area contributed by atoms with Crippen molar-refractivity contribution in [3.8, 4) is 6.07 Å². The van der Waals surface area contributed by atoms with Gasteiger partial charge in [-0.1, -0.05) is 71.9 Å². The first-order valence-corrected chi connectivity index (χ1v) is 12.9. The molecule has 3 rings (SSSR count). The van der Waals surface area contributed by atoms with Gasteiger partial charge in [-0.2, -0.15) is 5.26 Å². The highest BCUT2D eigenvalue weighted by Gasteiger charge is 2.38. The molecule has 1 unspecified atom stereocenters. The zero-order valence-electron chi connectivity index (χ0n) is 20.0. The van der Waals surface area contributed by atoms with Crippen molar-refractivity contribution in [1.29, 1.82) is 5.26 Å². The number of carbonyl (C=O) groups excluding carboxylic acids is 2. The molecule has 1 N–H and O–H groups in total. The lowest BCUT2D eigenvalue weighted by atomic mass is 9.81. The minimum Gasteiger partial charge on any atom is -0.463 e. The first-order chi connectivity index (χ1) is 17.0. The van der Waals surface area contributed by atoms with Gasteiger partial charge in [-0.05, 0) is 38.0 Å². The number of nitrogens with one attached hydrogen (secondary N) is 1. The Morgan fingerprint density at radius 3 is 2.34 bits per heavy atom. The topological polar surface area (TPSA) is 82.4 Å². The SMILES string of the molecule is CCOC(=O)C1=C(c2ccccc2)NC(SCC(=O)N(CC)CC)=C(C#N)C1c1ccccc1Cl. The number of rotatable bonds is 9. The molecular weight excluding hydrogens is 482 g/mol. The van der Waals surface area contributed by atoms with Gasteiger partial charge in [-0.25, -0.2) is 4.79 Å². The van der Waals surface area contributed by atoms with Gasteiger partial charge in [0.2, 0.25) is 5.91 Å². The summed E-state index contributed by atoms with van der Waals surface area (Å²) in [4.78, 5) is 27.8. The number of hydrogen-bond donors (Lipinski definition) is 1. The summed E-state index contributed by atoms with van der Waals surface area (Å²) in [5.41, 5.74) is 2.54. The fourth-order valence-electron chi connectivity index (χ4n) is 3.98. The first kappa shape index (κ1) is 26.4. The van der Waals surface area contributed by atoms with Crippen LogP contribution in [0.2, 0.25) is 5.02 Å². The highest BCUT2D eigenvalue weighted by atomic mass is 35.5. The third kappa shape index (κ3) is 5.90. The molecule has 1 atom stereocenters. The van der Waals surface area contributed by atoms with Crippen molar-refractivity contribution >= 4 is 40.9 Å². The van der Waals surface area contributed by atoms with E-state index in [-0.39, 0.29) is 18.3 Å². The molecule has 0 radical (unpaired) electrons. The van der Waals surface area contributed by atoms with Crippen molar-refractivity contribution in [2.75, 3.05) is 25.4 Å². The number of benzene rings is 2. The summed E-state index contributed by atoms with van der Waals surface area (Å²) < 4.78 is 5.43. The number of hydrogen-bond acceptors (Lipinski definition) is 6.